The molecule has 1 amide bonds. The second kappa shape index (κ2) is 7.96. The number of thiophene rings is 1. The Kier molecular flexibility index (Phi) is 5.22. The molecule has 0 radical (unpaired) electrons. The number of hydrogen-bond acceptors (Lipinski definition) is 6. The van der Waals surface area contributed by atoms with Crippen LogP contribution in [0.25, 0.3) is 21.5 Å². The highest BCUT2D eigenvalue weighted by atomic mass is 32.1. The predicted molar refractivity (Wildman–Crippen MR) is 107 cm³/mol. The van der Waals surface area contributed by atoms with Crippen molar-refractivity contribution in [3.63, 3.8) is 0 Å². The average Bonchev–Trinajstić information content (AvgIpc) is 3.36. The Labute approximate surface area is 168 Å². The van der Waals surface area contributed by atoms with E-state index in [2.05, 4.69) is 15.0 Å². The van der Waals surface area contributed by atoms with E-state index in [9.17, 15) is 14.0 Å². The molecule has 0 atom stereocenters. The number of fused-ring (bicyclic) bond motifs is 1. The van der Waals surface area contributed by atoms with Gasteiger partial charge in [-0.1, -0.05) is 12.1 Å². The fraction of sp³-hybridized carbons (Fsp3) is 0.200. The fourth-order valence-electron chi connectivity index (χ4n) is 2.93. The Morgan fingerprint density at radius 2 is 2.14 bits per heavy atom. The fourth-order valence-corrected chi connectivity index (χ4v) is 3.65. The summed E-state index contributed by atoms with van der Waals surface area (Å²) in [7, 11) is 1.64. The number of carbonyl (C=O) groups is 1. The molecule has 0 saturated heterocycles. The van der Waals surface area contributed by atoms with Crippen molar-refractivity contribution in [2.75, 3.05) is 7.05 Å². The van der Waals surface area contributed by atoms with E-state index in [-0.39, 0.29) is 30.9 Å². The Morgan fingerprint density at radius 1 is 1.31 bits per heavy atom. The topological polar surface area (TPSA) is 92.1 Å². The van der Waals surface area contributed by atoms with Gasteiger partial charge in [-0.2, -0.15) is 0 Å². The van der Waals surface area contributed by atoms with Crippen molar-refractivity contribution < 1.29 is 13.6 Å². The molecule has 29 heavy (non-hydrogen) atoms. The number of aryl methyl sites for hydroxylation is 1. The number of oxazole rings is 1. The van der Waals surface area contributed by atoms with Crippen LogP contribution in [-0.4, -0.2) is 32.8 Å². The van der Waals surface area contributed by atoms with Gasteiger partial charge in [-0.25, -0.2) is 14.4 Å². The van der Waals surface area contributed by atoms with Gasteiger partial charge in [0.05, 0.1) is 23.8 Å². The maximum absolute atomic E-state index is 13.8. The van der Waals surface area contributed by atoms with Crippen molar-refractivity contribution in [1.29, 1.82) is 0 Å². The molecule has 4 rings (SSSR count). The SMILES string of the molecule is CN(Cc1nc2ccsc2c(=O)[nH]1)C(=O)CCc1ncc(-c2ccccc2F)o1. The molecule has 0 bridgehead atoms. The molecule has 0 fully saturated rings. The number of nitrogens with one attached hydrogen (secondary N) is 1. The summed E-state index contributed by atoms with van der Waals surface area (Å²) in [5.74, 6) is 0.564. The van der Waals surface area contributed by atoms with Gasteiger partial charge < -0.3 is 14.3 Å². The van der Waals surface area contributed by atoms with Gasteiger partial charge in [0.1, 0.15) is 16.3 Å². The molecule has 0 saturated carbocycles. The minimum Gasteiger partial charge on any atom is -0.441 e. The van der Waals surface area contributed by atoms with E-state index >= 15 is 0 Å². The molecule has 0 aliphatic heterocycles. The molecule has 4 aromatic rings. The molecule has 9 heteroatoms. The number of H-pyrrole nitrogens is 1. The van der Waals surface area contributed by atoms with Crippen molar-refractivity contribution in [2.24, 2.45) is 0 Å². The molecule has 3 aromatic heterocycles. The predicted octanol–water partition coefficient (Wildman–Crippen LogP) is 3.37. The van der Waals surface area contributed by atoms with Crippen LogP contribution in [0, 0.1) is 5.82 Å². The normalized spacial score (nSPS) is 11.1. The number of aromatic amines is 1. The second-order valence-electron chi connectivity index (χ2n) is 6.50. The molecule has 0 unspecified atom stereocenters. The molecule has 0 aliphatic rings. The van der Waals surface area contributed by atoms with Gasteiger partial charge in [-0.3, -0.25) is 9.59 Å². The monoisotopic (exact) mass is 412 g/mol. The number of rotatable bonds is 6. The molecular weight excluding hydrogens is 395 g/mol. The maximum Gasteiger partial charge on any atom is 0.268 e. The minimum atomic E-state index is -0.393. The van der Waals surface area contributed by atoms with Crippen LogP contribution >= 0.6 is 11.3 Å². The van der Waals surface area contributed by atoms with E-state index in [1.165, 1.54) is 28.5 Å². The van der Waals surface area contributed by atoms with E-state index < -0.39 is 5.82 Å². The summed E-state index contributed by atoms with van der Waals surface area (Å²) in [6, 6.07) is 8.04. The first-order valence-corrected chi connectivity index (χ1v) is 9.79. The standard InChI is InChI=1S/C20H17FN4O3S/c1-25(11-16-23-14-8-9-29-19(14)20(27)24-16)18(26)7-6-17-22-10-15(28-17)12-4-2-3-5-13(12)21/h2-5,8-10H,6-7,11H2,1H3,(H,23,24,27). The minimum absolute atomic E-state index is 0.149. The molecule has 7 nitrogen and oxygen atoms in total. The van der Waals surface area contributed by atoms with Crippen LogP contribution in [0.1, 0.15) is 18.1 Å². The lowest BCUT2D eigenvalue weighted by Gasteiger charge is -2.16. The summed E-state index contributed by atoms with van der Waals surface area (Å²) in [6.07, 6.45) is 1.90. The molecule has 0 spiro atoms. The number of aromatic nitrogens is 3. The molecule has 3 heterocycles. The van der Waals surface area contributed by atoms with Crippen molar-refractivity contribution in [3.8, 4) is 11.3 Å². The van der Waals surface area contributed by atoms with Crippen LogP contribution in [0.2, 0.25) is 0 Å². The zero-order chi connectivity index (χ0) is 20.4. The summed E-state index contributed by atoms with van der Waals surface area (Å²) in [5.41, 5.74) is 0.741. The molecule has 0 aliphatic carbocycles. The molecule has 148 valence electrons. The van der Waals surface area contributed by atoms with Gasteiger partial charge in [0.2, 0.25) is 5.91 Å². The van der Waals surface area contributed by atoms with Crippen LogP contribution < -0.4 is 5.56 Å². The van der Waals surface area contributed by atoms with Crippen molar-refractivity contribution in [1.82, 2.24) is 19.9 Å². The third-order valence-corrected chi connectivity index (χ3v) is 5.32. The molecule has 1 N–H and O–H groups in total. The summed E-state index contributed by atoms with van der Waals surface area (Å²) in [6.45, 7) is 0.186. The first-order chi connectivity index (χ1) is 14.0. The van der Waals surface area contributed by atoms with Gasteiger partial charge in [-0.05, 0) is 23.6 Å². The van der Waals surface area contributed by atoms with Gasteiger partial charge in [0, 0.05) is 19.9 Å². The Bertz CT molecular complexity index is 1230. The van der Waals surface area contributed by atoms with Crippen LogP contribution in [-0.2, 0) is 17.8 Å². The highest BCUT2D eigenvalue weighted by Gasteiger charge is 2.15. The van der Waals surface area contributed by atoms with Crippen LogP contribution in [0.3, 0.4) is 0 Å². The first-order valence-electron chi connectivity index (χ1n) is 8.91. The van der Waals surface area contributed by atoms with E-state index in [1.54, 1.807) is 36.7 Å². The zero-order valence-corrected chi connectivity index (χ0v) is 16.3. The molecular formula is C20H17FN4O3S. The van der Waals surface area contributed by atoms with Gasteiger partial charge in [0.15, 0.2) is 11.7 Å². The zero-order valence-electron chi connectivity index (χ0n) is 15.5. The summed E-state index contributed by atoms with van der Waals surface area (Å²) in [4.78, 5) is 37.2. The number of benzene rings is 1. The maximum atomic E-state index is 13.8. The lowest BCUT2D eigenvalue weighted by atomic mass is 10.2. The van der Waals surface area contributed by atoms with Crippen LogP contribution in [0.15, 0.2) is 51.1 Å². The number of hydrogen-bond donors (Lipinski definition) is 1. The van der Waals surface area contributed by atoms with E-state index in [1.807, 2.05) is 0 Å². The Hall–Kier alpha value is -3.33. The highest BCUT2D eigenvalue weighted by Crippen LogP contribution is 2.23. The van der Waals surface area contributed by atoms with Gasteiger partial charge in [-0.15, -0.1) is 11.3 Å². The lowest BCUT2D eigenvalue weighted by Crippen LogP contribution is -2.28. The summed E-state index contributed by atoms with van der Waals surface area (Å²) >= 11 is 1.33. The smallest absolute Gasteiger partial charge is 0.268 e. The van der Waals surface area contributed by atoms with E-state index in [0.29, 0.717) is 33.3 Å². The number of halogens is 1. The third-order valence-electron chi connectivity index (χ3n) is 4.42. The van der Waals surface area contributed by atoms with Crippen molar-refractivity contribution >= 4 is 27.5 Å². The average molecular weight is 412 g/mol. The summed E-state index contributed by atoms with van der Waals surface area (Å²) in [5, 5.41) is 1.80. The quantitative estimate of drug-likeness (QED) is 0.524. The van der Waals surface area contributed by atoms with Gasteiger partial charge >= 0.3 is 0 Å². The van der Waals surface area contributed by atoms with Gasteiger partial charge in [0.25, 0.3) is 5.56 Å². The number of carbonyl (C=O) groups excluding carboxylic acids is 1. The van der Waals surface area contributed by atoms with Crippen molar-refractivity contribution in [2.45, 2.75) is 19.4 Å². The summed E-state index contributed by atoms with van der Waals surface area (Å²) < 4.78 is 20.0. The van der Waals surface area contributed by atoms with E-state index in [0.717, 1.165) is 0 Å². The van der Waals surface area contributed by atoms with Crippen LogP contribution in [0.4, 0.5) is 4.39 Å². The third kappa shape index (κ3) is 4.09. The molecule has 1 aromatic carbocycles. The van der Waals surface area contributed by atoms with Crippen LogP contribution in [0.5, 0.6) is 0 Å². The number of nitrogens with zero attached hydrogens (tertiary/aromatic N) is 3. The largest absolute Gasteiger partial charge is 0.441 e. The van der Waals surface area contributed by atoms with Crippen molar-refractivity contribution in [3.05, 3.63) is 69.8 Å². The Morgan fingerprint density at radius 3 is 2.97 bits per heavy atom. The Balaban J connectivity index is 1.38. The van der Waals surface area contributed by atoms with E-state index in [4.69, 9.17) is 4.42 Å². The first kappa shape index (κ1) is 19.0. The number of amides is 1. The highest BCUT2D eigenvalue weighted by molar-refractivity contribution is 7.17. The lowest BCUT2D eigenvalue weighted by molar-refractivity contribution is -0.130. The second-order valence-corrected chi connectivity index (χ2v) is 7.41.